The minimum atomic E-state index is -0.248. The molecule has 3 aromatic rings. The third-order valence-corrected chi connectivity index (χ3v) is 5.16. The number of amides is 1. The Labute approximate surface area is 157 Å². The summed E-state index contributed by atoms with van der Waals surface area (Å²) in [5.74, 6) is 0.192. The first-order valence-corrected chi connectivity index (χ1v) is 9.17. The lowest BCUT2D eigenvalue weighted by Crippen LogP contribution is -2.48. The summed E-state index contributed by atoms with van der Waals surface area (Å²) in [4.78, 5) is 12.9. The summed E-state index contributed by atoms with van der Waals surface area (Å²) in [6.07, 6.45) is 5.18. The average molecular weight is 362 g/mol. The van der Waals surface area contributed by atoms with Crippen LogP contribution >= 0.6 is 0 Å². The fourth-order valence-corrected chi connectivity index (χ4v) is 3.56. The van der Waals surface area contributed by atoms with Gasteiger partial charge in [0.25, 0.3) is 5.91 Å². The zero-order valence-corrected chi connectivity index (χ0v) is 14.9. The van der Waals surface area contributed by atoms with Crippen LogP contribution in [0.25, 0.3) is 5.69 Å². The summed E-state index contributed by atoms with van der Waals surface area (Å²) in [6.45, 7) is 0. The molecule has 1 aliphatic rings. The maximum Gasteiger partial charge on any atom is 0.251 e. The number of aliphatic hydroxyl groups excluding tert-OH is 1. The van der Waals surface area contributed by atoms with Crippen LogP contribution in [0.3, 0.4) is 0 Å². The second-order valence-electron chi connectivity index (χ2n) is 7.07. The first-order valence-electron chi connectivity index (χ1n) is 9.17. The molecule has 1 heterocycles. The number of carbonyl (C=O) groups excluding carboxylic acids is 1. The van der Waals surface area contributed by atoms with E-state index < -0.39 is 0 Å². The van der Waals surface area contributed by atoms with Crippen molar-refractivity contribution >= 4 is 5.91 Å². The molecule has 1 fully saturated rings. The summed E-state index contributed by atoms with van der Waals surface area (Å²) >= 11 is 0. The Morgan fingerprint density at radius 2 is 1.85 bits per heavy atom. The van der Waals surface area contributed by atoms with Crippen LogP contribution in [-0.4, -0.2) is 37.9 Å². The fourth-order valence-electron chi connectivity index (χ4n) is 3.56. The molecule has 0 aliphatic heterocycles. The van der Waals surface area contributed by atoms with Crippen molar-refractivity contribution in [2.24, 2.45) is 5.92 Å². The first-order chi connectivity index (χ1) is 13.2. The van der Waals surface area contributed by atoms with E-state index in [9.17, 15) is 9.90 Å². The van der Waals surface area contributed by atoms with Crippen molar-refractivity contribution in [2.75, 3.05) is 0 Å². The van der Waals surface area contributed by atoms with Gasteiger partial charge in [-0.25, -0.2) is 0 Å². The number of aromatic nitrogens is 3. The van der Waals surface area contributed by atoms with E-state index in [1.54, 1.807) is 23.3 Å². The Kier molecular flexibility index (Phi) is 4.98. The van der Waals surface area contributed by atoms with Crippen molar-refractivity contribution in [3.63, 3.8) is 0 Å². The smallest absolute Gasteiger partial charge is 0.251 e. The van der Waals surface area contributed by atoms with E-state index in [-0.39, 0.29) is 18.1 Å². The lowest BCUT2D eigenvalue weighted by Gasteiger charge is -2.38. The molecule has 0 unspecified atom stereocenters. The highest BCUT2D eigenvalue weighted by atomic mass is 16.3. The van der Waals surface area contributed by atoms with Crippen LogP contribution in [0.4, 0.5) is 0 Å². The second kappa shape index (κ2) is 7.72. The molecule has 1 saturated carbocycles. The molecule has 2 N–H and O–H groups in total. The molecule has 2 aromatic carbocycles. The fraction of sp³-hybridized carbons (Fsp3) is 0.286. The van der Waals surface area contributed by atoms with Gasteiger partial charge in [0.1, 0.15) is 12.7 Å². The van der Waals surface area contributed by atoms with Crippen molar-refractivity contribution in [2.45, 2.75) is 31.4 Å². The van der Waals surface area contributed by atoms with Gasteiger partial charge < -0.3 is 10.4 Å². The minimum Gasteiger partial charge on any atom is -0.393 e. The topological polar surface area (TPSA) is 80.0 Å². The first kappa shape index (κ1) is 17.4. The highest BCUT2D eigenvalue weighted by molar-refractivity contribution is 5.95. The van der Waals surface area contributed by atoms with Crippen LogP contribution < -0.4 is 5.32 Å². The number of nitrogens with one attached hydrogen (secondary N) is 1. The molecule has 0 radical (unpaired) electrons. The molecule has 1 amide bonds. The largest absolute Gasteiger partial charge is 0.393 e. The lowest BCUT2D eigenvalue weighted by atomic mass is 9.75. The van der Waals surface area contributed by atoms with Gasteiger partial charge in [0.2, 0.25) is 0 Å². The number of hydrogen-bond donors (Lipinski definition) is 2. The van der Waals surface area contributed by atoms with Crippen LogP contribution in [0.15, 0.2) is 67.3 Å². The van der Waals surface area contributed by atoms with Gasteiger partial charge in [-0.1, -0.05) is 36.4 Å². The highest BCUT2D eigenvalue weighted by Gasteiger charge is 2.34. The molecule has 4 rings (SSSR count). The van der Waals surface area contributed by atoms with Gasteiger partial charge >= 0.3 is 0 Å². The second-order valence-corrected chi connectivity index (χ2v) is 7.07. The number of hydrogen-bond acceptors (Lipinski definition) is 4. The monoisotopic (exact) mass is 362 g/mol. The standard InChI is InChI=1S/C21H22N4O2/c26-19-11-17(12-19)20(9-15-5-2-1-3-6-15)24-21(27)16-7-4-8-18(10-16)25-13-22-23-14-25/h1-8,10,13-14,17,19-20,26H,9,11-12H2,(H,24,27)/t17?,19?,20-/m1/s1. The zero-order valence-electron chi connectivity index (χ0n) is 14.9. The van der Waals surface area contributed by atoms with E-state index in [4.69, 9.17) is 0 Å². The summed E-state index contributed by atoms with van der Waals surface area (Å²) in [5, 5.41) is 20.5. The molecule has 0 bridgehead atoms. The van der Waals surface area contributed by atoms with Crippen LogP contribution in [0, 0.1) is 5.92 Å². The van der Waals surface area contributed by atoms with Gasteiger partial charge in [0.15, 0.2) is 0 Å². The van der Waals surface area contributed by atoms with Gasteiger partial charge in [-0.05, 0) is 48.9 Å². The predicted octanol–water partition coefficient (Wildman–Crippen LogP) is 2.38. The predicted molar refractivity (Wildman–Crippen MR) is 101 cm³/mol. The normalized spacial score (nSPS) is 19.9. The summed E-state index contributed by atoms with van der Waals surface area (Å²) < 4.78 is 1.76. The van der Waals surface area contributed by atoms with Crippen molar-refractivity contribution in [1.82, 2.24) is 20.1 Å². The Morgan fingerprint density at radius 1 is 1.11 bits per heavy atom. The average Bonchev–Trinajstić information content (AvgIpc) is 3.21. The maximum absolute atomic E-state index is 12.9. The molecular weight excluding hydrogens is 340 g/mol. The van der Waals surface area contributed by atoms with Gasteiger partial charge in [-0.2, -0.15) is 0 Å². The Hall–Kier alpha value is -2.99. The van der Waals surface area contributed by atoms with E-state index in [0.717, 1.165) is 24.9 Å². The lowest BCUT2D eigenvalue weighted by molar-refractivity contribution is 0.0239. The molecule has 1 atom stereocenters. The van der Waals surface area contributed by atoms with E-state index >= 15 is 0 Å². The molecule has 27 heavy (non-hydrogen) atoms. The molecule has 1 aliphatic carbocycles. The minimum absolute atomic E-state index is 0.00173. The van der Waals surface area contributed by atoms with Crippen LogP contribution in [-0.2, 0) is 6.42 Å². The van der Waals surface area contributed by atoms with Crippen molar-refractivity contribution in [1.29, 1.82) is 0 Å². The SMILES string of the molecule is O=C(N[C@H](Cc1ccccc1)C1CC(O)C1)c1cccc(-n2cnnc2)c1. The van der Waals surface area contributed by atoms with Crippen LogP contribution in [0.2, 0.25) is 0 Å². The molecule has 0 spiro atoms. The maximum atomic E-state index is 12.9. The van der Waals surface area contributed by atoms with Gasteiger partial charge in [-0.15, -0.1) is 10.2 Å². The zero-order chi connectivity index (χ0) is 18.6. The molecule has 0 saturated heterocycles. The van der Waals surface area contributed by atoms with E-state index in [1.165, 1.54) is 5.56 Å². The van der Waals surface area contributed by atoms with E-state index in [2.05, 4.69) is 27.6 Å². The Morgan fingerprint density at radius 3 is 2.56 bits per heavy atom. The van der Waals surface area contributed by atoms with Crippen molar-refractivity contribution < 1.29 is 9.90 Å². The molecule has 1 aromatic heterocycles. The molecule has 6 heteroatoms. The molecular formula is C21H22N4O2. The third kappa shape index (κ3) is 4.06. The molecule has 6 nitrogen and oxygen atoms in total. The van der Waals surface area contributed by atoms with Gasteiger partial charge in [0.05, 0.1) is 6.10 Å². The van der Waals surface area contributed by atoms with Crippen LogP contribution in [0.1, 0.15) is 28.8 Å². The number of carbonyl (C=O) groups is 1. The molecule has 138 valence electrons. The number of aliphatic hydroxyl groups is 1. The number of nitrogens with zero attached hydrogens (tertiary/aromatic N) is 3. The van der Waals surface area contributed by atoms with E-state index in [0.29, 0.717) is 11.5 Å². The summed E-state index contributed by atoms with van der Waals surface area (Å²) in [7, 11) is 0. The van der Waals surface area contributed by atoms with Crippen molar-refractivity contribution in [3.05, 3.63) is 78.4 Å². The summed E-state index contributed by atoms with van der Waals surface area (Å²) in [6, 6.07) is 17.5. The van der Waals surface area contributed by atoms with Crippen molar-refractivity contribution in [3.8, 4) is 5.69 Å². The van der Waals surface area contributed by atoms with Crippen LogP contribution in [0.5, 0.6) is 0 Å². The Balaban J connectivity index is 1.50. The summed E-state index contributed by atoms with van der Waals surface area (Å²) in [5.41, 5.74) is 2.62. The van der Waals surface area contributed by atoms with Gasteiger partial charge in [-0.3, -0.25) is 9.36 Å². The highest BCUT2D eigenvalue weighted by Crippen LogP contribution is 2.32. The van der Waals surface area contributed by atoms with Gasteiger partial charge in [0, 0.05) is 17.3 Å². The van der Waals surface area contributed by atoms with E-state index in [1.807, 2.05) is 36.4 Å². The number of rotatable bonds is 6. The number of benzene rings is 2. The quantitative estimate of drug-likeness (QED) is 0.706. The third-order valence-electron chi connectivity index (χ3n) is 5.16. The Bertz CT molecular complexity index is 890.